The zero-order valence-electron chi connectivity index (χ0n) is 14.6. The number of aryl methyl sites for hydroxylation is 1. The summed E-state index contributed by atoms with van der Waals surface area (Å²) in [5, 5.41) is 3.74. The van der Waals surface area contributed by atoms with Gasteiger partial charge in [-0.15, -0.1) is 0 Å². The second-order valence-electron chi connectivity index (χ2n) is 6.71. The zero-order valence-corrected chi connectivity index (χ0v) is 15.4. The summed E-state index contributed by atoms with van der Waals surface area (Å²) in [4.78, 5) is 12.4. The summed E-state index contributed by atoms with van der Waals surface area (Å²) in [6.07, 6.45) is 0.174. The normalized spacial score (nSPS) is 12.5. The van der Waals surface area contributed by atoms with Crippen molar-refractivity contribution >= 4 is 17.5 Å². The van der Waals surface area contributed by atoms with E-state index in [1.54, 1.807) is 19.1 Å². The van der Waals surface area contributed by atoms with Gasteiger partial charge in [0.2, 0.25) is 0 Å². The average Bonchev–Trinajstić information content (AvgIpc) is 2.51. The maximum absolute atomic E-state index is 12.4. The minimum atomic E-state index is -0.583. The van der Waals surface area contributed by atoms with E-state index in [0.717, 1.165) is 12.0 Å². The number of nitrogens with one attached hydrogen (secondary N) is 1. The Morgan fingerprint density at radius 1 is 1.21 bits per heavy atom. The van der Waals surface area contributed by atoms with Crippen molar-refractivity contribution in [1.82, 2.24) is 5.32 Å². The van der Waals surface area contributed by atoms with Gasteiger partial charge in [-0.25, -0.2) is 0 Å². The average molecular weight is 346 g/mol. The van der Waals surface area contributed by atoms with Gasteiger partial charge in [-0.05, 0) is 63.4 Å². The first-order chi connectivity index (χ1) is 11.3. The Kier molecular flexibility index (Phi) is 5.89. The van der Waals surface area contributed by atoms with E-state index in [1.807, 2.05) is 45.0 Å². The first-order valence-electron chi connectivity index (χ1n) is 8.05. The number of rotatable bonds is 6. The van der Waals surface area contributed by atoms with Crippen LogP contribution in [0.5, 0.6) is 5.75 Å². The lowest BCUT2D eigenvalue weighted by Crippen LogP contribution is -2.49. The number of amides is 1. The van der Waals surface area contributed by atoms with Crippen molar-refractivity contribution in [1.29, 1.82) is 0 Å². The van der Waals surface area contributed by atoms with Gasteiger partial charge in [0.1, 0.15) is 5.75 Å². The van der Waals surface area contributed by atoms with E-state index >= 15 is 0 Å². The van der Waals surface area contributed by atoms with Gasteiger partial charge in [-0.3, -0.25) is 4.79 Å². The van der Waals surface area contributed by atoms with Gasteiger partial charge >= 0.3 is 0 Å². The molecule has 1 atom stereocenters. The molecule has 4 heteroatoms. The Morgan fingerprint density at radius 3 is 2.50 bits per heavy atom. The van der Waals surface area contributed by atoms with Crippen LogP contribution in [0.4, 0.5) is 0 Å². The van der Waals surface area contributed by atoms with Crippen LogP contribution in [0.3, 0.4) is 0 Å². The maximum atomic E-state index is 12.4. The van der Waals surface area contributed by atoms with E-state index in [9.17, 15) is 4.79 Å². The molecule has 24 heavy (non-hydrogen) atoms. The standard InChI is InChI=1S/C20H24ClNO2/c1-14-12-17(10-11-18(14)21)24-15(2)19(23)22-20(3,4)13-16-8-6-5-7-9-16/h5-12,15H,13H2,1-4H3,(H,22,23)/t15-/m1/s1. The van der Waals surface area contributed by atoms with Gasteiger partial charge in [0.15, 0.2) is 6.10 Å². The SMILES string of the molecule is Cc1cc(O[C@H](C)C(=O)NC(C)(C)Cc2ccccc2)ccc1Cl. The maximum Gasteiger partial charge on any atom is 0.261 e. The van der Waals surface area contributed by atoms with Crippen molar-refractivity contribution in [2.24, 2.45) is 0 Å². The Morgan fingerprint density at radius 2 is 1.88 bits per heavy atom. The third-order valence-corrected chi connectivity index (χ3v) is 4.19. The molecular formula is C20H24ClNO2. The molecule has 0 spiro atoms. The van der Waals surface area contributed by atoms with E-state index < -0.39 is 6.10 Å². The summed E-state index contributed by atoms with van der Waals surface area (Å²) in [7, 11) is 0. The highest BCUT2D eigenvalue weighted by molar-refractivity contribution is 6.31. The molecule has 2 rings (SSSR count). The third kappa shape index (κ3) is 5.27. The molecule has 0 aromatic heterocycles. The van der Waals surface area contributed by atoms with Crippen LogP contribution < -0.4 is 10.1 Å². The topological polar surface area (TPSA) is 38.3 Å². The van der Waals surface area contributed by atoms with Crippen molar-refractivity contribution in [2.75, 3.05) is 0 Å². The molecular weight excluding hydrogens is 322 g/mol. The Labute approximate surface area is 149 Å². The molecule has 0 heterocycles. The second kappa shape index (κ2) is 7.71. The van der Waals surface area contributed by atoms with E-state index in [4.69, 9.17) is 16.3 Å². The molecule has 0 unspecified atom stereocenters. The monoisotopic (exact) mass is 345 g/mol. The lowest BCUT2D eigenvalue weighted by atomic mass is 9.94. The fraction of sp³-hybridized carbons (Fsp3) is 0.350. The number of ether oxygens (including phenoxy) is 1. The van der Waals surface area contributed by atoms with Gasteiger partial charge in [0, 0.05) is 10.6 Å². The van der Waals surface area contributed by atoms with Crippen molar-refractivity contribution < 1.29 is 9.53 Å². The largest absolute Gasteiger partial charge is 0.481 e. The summed E-state index contributed by atoms with van der Waals surface area (Å²) >= 11 is 6.01. The van der Waals surface area contributed by atoms with Crippen LogP contribution in [0.15, 0.2) is 48.5 Å². The third-order valence-electron chi connectivity index (χ3n) is 3.76. The number of carbonyl (C=O) groups is 1. The minimum absolute atomic E-state index is 0.136. The van der Waals surface area contributed by atoms with Crippen molar-refractivity contribution in [2.45, 2.75) is 45.8 Å². The summed E-state index contributed by atoms with van der Waals surface area (Å²) < 4.78 is 5.74. The zero-order chi connectivity index (χ0) is 17.7. The van der Waals surface area contributed by atoms with Crippen LogP contribution in [0.1, 0.15) is 31.9 Å². The molecule has 3 nitrogen and oxygen atoms in total. The molecule has 0 aliphatic carbocycles. The first-order valence-corrected chi connectivity index (χ1v) is 8.43. The van der Waals surface area contributed by atoms with Gasteiger partial charge in [-0.1, -0.05) is 41.9 Å². The van der Waals surface area contributed by atoms with Crippen LogP contribution >= 0.6 is 11.6 Å². The number of hydrogen-bond donors (Lipinski definition) is 1. The fourth-order valence-corrected chi connectivity index (χ4v) is 2.65. The van der Waals surface area contributed by atoms with Crippen LogP contribution in [-0.2, 0) is 11.2 Å². The molecule has 2 aromatic carbocycles. The minimum Gasteiger partial charge on any atom is -0.481 e. The number of halogens is 1. The molecule has 1 N–H and O–H groups in total. The molecule has 1 amide bonds. The smallest absolute Gasteiger partial charge is 0.261 e. The van der Waals surface area contributed by atoms with Crippen molar-refractivity contribution in [3.8, 4) is 5.75 Å². The van der Waals surface area contributed by atoms with E-state index in [1.165, 1.54) is 5.56 Å². The number of benzene rings is 2. The van der Waals surface area contributed by atoms with E-state index in [0.29, 0.717) is 10.8 Å². The predicted octanol–water partition coefficient (Wildman–Crippen LogP) is 4.55. The van der Waals surface area contributed by atoms with E-state index in [-0.39, 0.29) is 11.4 Å². The van der Waals surface area contributed by atoms with Crippen molar-refractivity contribution in [3.05, 3.63) is 64.7 Å². The molecule has 0 saturated heterocycles. The molecule has 0 radical (unpaired) electrons. The number of hydrogen-bond acceptors (Lipinski definition) is 2. The van der Waals surface area contributed by atoms with Gasteiger partial charge in [0.25, 0.3) is 5.91 Å². The fourth-order valence-electron chi connectivity index (χ4n) is 2.53. The Balaban J connectivity index is 1.96. The van der Waals surface area contributed by atoms with E-state index in [2.05, 4.69) is 17.4 Å². The van der Waals surface area contributed by atoms with Gasteiger partial charge in [0.05, 0.1) is 0 Å². The molecule has 0 aliphatic heterocycles. The van der Waals surface area contributed by atoms with Crippen LogP contribution in [0.25, 0.3) is 0 Å². The van der Waals surface area contributed by atoms with Crippen molar-refractivity contribution in [3.63, 3.8) is 0 Å². The molecule has 0 bridgehead atoms. The summed E-state index contributed by atoms with van der Waals surface area (Å²) in [6, 6.07) is 15.5. The van der Waals surface area contributed by atoms with Crippen LogP contribution in [0.2, 0.25) is 5.02 Å². The summed E-state index contributed by atoms with van der Waals surface area (Å²) in [5.41, 5.74) is 1.75. The lowest BCUT2D eigenvalue weighted by molar-refractivity contribution is -0.128. The molecule has 0 aliphatic rings. The molecule has 0 fully saturated rings. The first kappa shape index (κ1) is 18.3. The molecule has 128 valence electrons. The second-order valence-corrected chi connectivity index (χ2v) is 7.11. The van der Waals surface area contributed by atoms with Crippen LogP contribution in [-0.4, -0.2) is 17.6 Å². The van der Waals surface area contributed by atoms with Gasteiger partial charge < -0.3 is 10.1 Å². The summed E-state index contributed by atoms with van der Waals surface area (Å²) in [5.74, 6) is 0.504. The quantitative estimate of drug-likeness (QED) is 0.833. The van der Waals surface area contributed by atoms with Gasteiger partial charge in [-0.2, -0.15) is 0 Å². The highest BCUT2D eigenvalue weighted by Gasteiger charge is 2.25. The highest BCUT2D eigenvalue weighted by atomic mass is 35.5. The predicted molar refractivity (Wildman–Crippen MR) is 98.6 cm³/mol. The lowest BCUT2D eigenvalue weighted by Gasteiger charge is -2.28. The Bertz CT molecular complexity index is 698. The molecule has 2 aromatic rings. The van der Waals surface area contributed by atoms with Crippen LogP contribution in [0, 0.1) is 6.92 Å². The summed E-state index contributed by atoms with van der Waals surface area (Å²) in [6.45, 7) is 7.68. The number of carbonyl (C=O) groups excluding carboxylic acids is 1. The molecule has 0 saturated carbocycles. The highest BCUT2D eigenvalue weighted by Crippen LogP contribution is 2.22. The Hall–Kier alpha value is -2.00.